The highest BCUT2D eigenvalue weighted by Crippen LogP contribution is 2.36. The zero-order chi connectivity index (χ0) is 17.2. The number of benzene rings is 1. The molecule has 0 amide bonds. The van der Waals surface area contributed by atoms with Crippen LogP contribution in [0.15, 0.2) is 63.9 Å². The van der Waals surface area contributed by atoms with E-state index in [0.717, 1.165) is 21.3 Å². The van der Waals surface area contributed by atoms with Crippen molar-refractivity contribution in [2.75, 3.05) is 5.43 Å². The van der Waals surface area contributed by atoms with E-state index in [2.05, 4.69) is 20.5 Å². The van der Waals surface area contributed by atoms with Gasteiger partial charge in [0.05, 0.1) is 11.6 Å². The molecule has 0 unspecified atom stereocenters. The molecule has 4 aromatic rings. The van der Waals surface area contributed by atoms with Crippen LogP contribution in [-0.4, -0.2) is 15.7 Å². The molecule has 124 valence electrons. The molecule has 0 fully saturated rings. The van der Waals surface area contributed by atoms with Crippen LogP contribution in [0.3, 0.4) is 0 Å². The third-order valence-corrected chi connectivity index (χ3v) is 4.62. The van der Waals surface area contributed by atoms with Crippen LogP contribution >= 0.6 is 11.3 Å². The Bertz CT molecular complexity index is 1040. The molecule has 0 aliphatic rings. The average molecular weight is 352 g/mol. The summed E-state index contributed by atoms with van der Waals surface area (Å²) in [5.74, 6) is 1.01. The Morgan fingerprint density at radius 2 is 2.04 bits per heavy atom. The Balaban J connectivity index is 1.75. The number of aromatic nitrogens is 2. The molecule has 0 aliphatic heterocycles. The predicted octanol–water partition coefficient (Wildman–Crippen LogP) is 4.93. The lowest BCUT2D eigenvalue weighted by Crippen LogP contribution is -2.00. The maximum absolute atomic E-state index is 13.2. The Morgan fingerprint density at radius 3 is 2.80 bits per heavy atom. The third-order valence-electron chi connectivity index (χ3n) is 3.73. The van der Waals surface area contributed by atoms with Crippen LogP contribution in [0.4, 0.5) is 10.2 Å². The van der Waals surface area contributed by atoms with E-state index in [0.29, 0.717) is 17.3 Å². The molecule has 1 aromatic carbocycles. The number of anilines is 1. The van der Waals surface area contributed by atoms with Crippen molar-refractivity contribution in [2.45, 2.75) is 6.92 Å². The molecule has 0 spiro atoms. The molecule has 25 heavy (non-hydrogen) atoms. The molecule has 0 saturated heterocycles. The Labute approximate surface area is 146 Å². The van der Waals surface area contributed by atoms with E-state index in [4.69, 9.17) is 4.42 Å². The van der Waals surface area contributed by atoms with Gasteiger partial charge in [-0.2, -0.15) is 5.10 Å². The van der Waals surface area contributed by atoms with Crippen molar-refractivity contribution in [1.82, 2.24) is 9.97 Å². The first-order valence-corrected chi connectivity index (χ1v) is 8.42. The van der Waals surface area contributed by atoms with E-state index in [-0.39, 0.29) is 5.82 Å². The maximum atomic E-state index is 13.2. The fraction of sp³-hybridized carbons (Fsp3) is 0.0556. The summed E-state index contributed by atoms with van der Waals surface area (Å²) in [6.07, 6.45) is 3.09. The van der Waals surface area contributed by atoms with Gasteiger partial charge in [-0.05, 0) is 36.8 Å². The number of halogens is 1. The molecule has 3 aromatic heterocycles. The van der Waals surface area contributed by atoms with Gasteiger partial charge in [-0.25, -0.2) is 14.4 Å². The summed E-state index contributed by atoms with van der Waals surface area (Å²) in [4.78, 5) is 9.45. The molecule has 0 bridgehead atoms. The molecular formula is C18H13FN4OS. The molecule has 0 atom stereocenters. The quantitative estimate of drug-likeness (QED) is 0.418. The van der Waals surface area contributed by atoms with Gasteiger partial charge in [-0.1, -0.05) is 12.1 Å². The van der Waals surface area contributed by atoms with Gasteiger partial charge in [0.25, 0.3) is 0 Å². The van der Waals surface area contributed by atoms with Gasteiger partial charge >= 0.3 is 0 Å². The highest BCUT2D eigenvalue weighted by molar-refractivity contribution is 7.17. The lowest BCUT2D eigenvalue weighted by molar-refractivity contribution is 0.557. The first-order valence-electron chi connectivity index (χ1n) is 7.54. The van der Waals surface area contributed by atoms with E-state index >= 15 is 0 Å². The topological polar surface area (TPSA) is 63.3 Å². The maximum Gasteiger partial charge on any atom is 0.159 e. The minimum atomic E-state index is -0.267. The number of hydrazone groups is 1. The van der Waals surface area contributed by atoms with Crippen molar-refractivity contribution in [3.63, 3.8) is 0 Å². The summed E-state index contributed by atoms with van der Waals surface area (Å²) in [6, 6.07) is 10.0. The summed E-state index contributed by atoms with van der Waals surface area (Å²) < 4.78 is 18.5. The summed E-state index contributed by atoms with van der Waals surface area (Å²) in [7, 11) is 0. The van der Waals surface area contributed by atoms with E-state index in [1.54, 1.807) is 18.4 Å². The van der Waals surface area contributed by atoms with Crippen LogP contribution in [0.1, 0.15) is 12.7 Å². The van der Waals surface area contributed by atoms with Crippen molar-refractivity contribution < 1.29 is 8.81 Å². The summed E-state index contributed by atoms with van der Waals surface area (Å²) in [5.41, 5.74) is 5.54. The van der Waals surface area contributed by atoms with Crippen LogP contribution < -0.4 is 5.43 Å². The molecule has 7 heteroatoms. The zero-order valence-electron chi connectivity index (χ0n) is 13.2. The Morgan fingerprint density at radius 1 is 1.20 bits per heavy atom. The first-order chi connectivity index (χ1) is 12.2. The molecule has 0 saturated carbocycles. The normalized spacial score (nSPS) is 11.8. The average Bonchev–Trinajstić information content (AvgIpc) is 3.30. The fourth-order valence-electron chi connectivity index (χ4n) is 2.48. The van der Waals surface area contributed by atoms with Crippen LogP contribution in [0, 0.1) is 5.82 Å². The molecule has 5 nitrogen and oxygen atoms in total. The van der Waals surface area contributed by atoms with Crippen LogP contribution in [0.5, 0.6) is 0 Å². The molecular weight excluding hydrogens is 339 g/mol. The van der Waals surface area contributed by atoms with Crippen molar-refractivity contribution >= 4 is 33.1 Å². The Hall–Kier alpha value is -3.06. The van der Waals surface area contributed by atoms with Crippen LogP contribution in [-0.2, 0) is 0 Å². The SMILES string of the molecule is C/C(=N/Nc1ncnc2scc(-c3ccc(F)cc3)c12)c1ccco1. The fourth-order valence-corrected chi connectivity index (χ4v) is 3.39. The van der Waals surface area contributed by atoms with E-state index < -0.39 is 0 Å². The molecule has 1 N–H and O–H groups in total. The lowest BCUT2D eigenvalue weighted by Gasteiger charge is -2.05. The number of rotatable bonds is 4. The number of fused-ring (bicyclic) bond motifs is 1. The van der Waals surface area contributed by atoms with Gasteiger partial charge in [-0.3, -0.25) is 5.43 Å². The lowest BCUT2D eigenvalue weighted by atomic mass is 10.1. The second-order valence-electron chi connectivity index (χ2n) is 5.35. The smallest absolute Gasteiger partial charge is 0.159 e. The number of hydrogen-bond acceptors (Lipinski definition) is 6. The van der Waals surface area contributed by atoms with Crippen LogP contribution in [0.25, 0.3) is 21.3 Å². The van der Waals surface area contributed by atoms with Gasteiger partial charge in [0.15, 0.2) is 5.82 Å². The summed E-state index contributed by atoms with van der Waals surface area (Å²) >= 11 is 1.51. The zero-order valence-corrected chi connectivity index (χ0v) is 14.0. The van der Waals surface area contributed by atoms with Gasteiger partial charge in [0, 0.05) is 10.9 Å². The van der Waals surface area contributed by atoms with Gasteiger partial charge < -0.3 is 4.42 Å². The third kappa shape index (κ3) is 3.01. The second-order valence-corrected chi connectivity index (χ2v) is 6.20. The van der Waals surface area contributed by atoms with E-state index in [1.165, 1.54) is 29.8 Å². The minimum absolute atomic E-state index is 0.267. The monoisotopic (exact) mass is 352 g/mol. The predicted molar refractivity (Wildman–Crippen MR) is 97.4 cm³/mol. The molecule has 0 radical (unpaired) electrons. The summed E-state index contributed by atoms with van der Waals surface area (Å²) in [6.45, 7) is 1.85. The minimum Gasteiger partial charge on any atom is -0.463 e. The van der Waals surface area contributed by atoms with E-state index in [9.17, 15) is 4.39 Å². The van der Waals surface area contributed by atoms with E-state index in [1.807, 2.05) is 24.4 Å². The number of nitrogens with one attached hydrogen (secondary N) is 1. The second kappa shape index (κ2) is 6.45. The first kappa shape index (κ1) is 15.5. The largest absolute Gasteiger partial charge is 0.463 e. The Kier molecular flexibility index (Phi) is 3.99. The molecule has 4 rings (SSSR count). The number of thiophene rings is 1. The van der Waals surface area contributed by atoms with Crippen LogP contribution in [0.2, 0.25) is 0 Å². The molecule has 3 heterocycles. The van der Waals surface area contributed by atoms with Gasteiger partial charge in [0.2, 0.25) is 0 Å². The highest BCUT2D eigenvalue weighted by atomic mass is 32.1. The van der Waals surface area contributed by atoms with Gasteiger partial charge in [-0.15, -0.1) is 11.3 Å². The highest BCUT2D eigenvalue weighted by Gasteiger charge is 2.13. The molecule has 0 aliphatic carbocycles. The number of furan rings is 1. The standard InChI is InChI=1S/C18H13FN4OS/c1-11(15-3-2-8-24-15)22-23-17-16-14(9-25-18(16)21-10-20-17)12-4-6-13(19)7-5-12/h2-10H,1H3,(H,20,21,23)/b22-11-. The van der Waals surface area contributed by atoms with Crippen molar-refractivity contribution in [3.05, 3.63) is 65.9 Å². The van der Waals surface area contributed by atoms with Crippen molar-refractivity contribution in [3.8, 4) is 11.1 Å². The van der Waals surface area contributed by atoms with Crippen molar-refractivity contribution in [2.24, 2.45) is 5.10 Å². The van der Waals surface area contributed by atoms with Crippen molar-refractivity contribution in [1.29, 1.82) is 0 Å². The van der Waals surface area contributed by atoms with Gasteiger partial charge in [0.1, 0.15) is 28.4 Å². The summed E-state index contributed by atoms with van der Waals surface area (Å²) in [5, 5.41) is 7.19. The number of nitrogens with zero attached hydrogens (tertiary/aromatic N) is 3. The number of hydrogen-bond donors (Lipinski definition) is 1.